The minimum Gasteiger partial charge on any atom is -0.378 e. The second kappa shape index (κ2) is 10.1. The normalized spacial score (nSPS) is 10.7. The van der Waals surface area contributed by atoms with Crippen LogP contribution in [0.4, 0.5) is 17.1 Å². The lowest BCUT2D eigenvalue weighted by atomic mass is 10.2. The molecule has 1 heterocycles. The van der Waals surface area contributed by atoms with E-state index in [4.69, 9.17) is 0 Å². The Hall–Kier alpha value is -3.40. The van der Waals surface area contributed by atoms with E-state index >= 15 is 0 Å². The Labute approximate surface area is 184 Å². The molecule has 1 aromatic heterocycles. The van der Waals surface area contributed by atoms with Crippen LogP contribution in [0.5, 0.6) is 0 Å². The molecule has 162 valence electrons. The molecular weight excluding hydrogens is 416 g/mol. The third-order valence-corrected chi connectivity index (χ3v) is 5.60. The van der Waals surface area contributed by atoms with Gasteiger partial charge in [0, 0.05) is 29.5 Å². The summed E-state index contributed by atoms with van der Waals surface area (Å²) in [6, 6.07) is 12.7. The van der Waals surface area contributed by atoms with E-state index in [1.54, 1.807) is 19.1 Å². The standard InChI is InChI=1S/C21H24N6O3S/c1-4-26-19(12-22-16-8-5-14(2)6-9-16)24-25-21(26)31-13-20(28)23-17-10-7-15(3)18(11-17)27(29)30/h5-11,22H,4,12-13H2,1-3H3,(H,23,28). The van der Waals surface area contributed by atoms with E-state index in [0.717, 1.165) is 11.5 Å². The summed E-state index contributed by atoms with van der Waals surface area (Å²) in [7, 11) is 0. The molecule has 0 atom stereocenters. The highest BCUT2D eigenvalue weighted by Crippen LogP contribution is 2.23. The van der Waals surface area contributed by atoms with Crippen LogP contribution in [0.3, 0.4) is 0 Å². The van der Waals surface area contributed by atoms with Crippen LogP contribution < -0.4 is 10.6 Å². The molecule has 0 bridgehead atoms. The number of hydrogen-bond donors (Lipinski definition) is 2. The number of amides is 1. The minimum atomic E-state index is -0.463. The number of benzene rings is 2. The third-order valence-electron chi connectivity index (χ3n) is 4.63. The highest BCUT2D eigenvalue weighted by molar-refractivity contribution is 7.99. The Morgan fingerprint density at radius 1 is 1.13 bits per heavy atom. The topological polar surface area (TPSA) is 115 Å². The van der Waals surface area contributed by atoms with E-state index in [9.17, 15) is 14.9 Å². The second-order valence-electron chi connectivity index (χ2n) is 6.96. The summed E-state index contributed by atoms with van der Waals surface area (Å²) in [6.45, 7) is 6.88. The molecule has 0 fully saturated rings. The number of thioether (sulfide) groups is 1. The number of hydrogen-bond acceptors (Lipinski definition) is 7. The van der Waals surface area contributed by atoms with Crippen LogP contribution in [0.15, 0.2) is 47.6 Å². The number of nitro groups is 1. The van der Waals surface area contributed by atoms with Gasteiger partial charge in [-0.05, 0) is 39.0 Å². The first kappa shape index (κ1) is 22.3. The smallest absolute Gasteiger partial charge is 0.274 e. The van der Waals surface area contributed by atoms with Crippen molar-refractivity contribution in [1.29, 1.82) is 0 Å². The number of carbonyl (C=O) groups is 1. The predicted molar refractivity (Wildman–Crippen MR) is 121 cm³/mol. The Bertz CT molecular complexity index is 1080. The number of nitro benzene ring substituents is 1. The molecule has 0 aliphatic heterocycles. The van der Waals surface area contributed by atoms with Gasteiger partial charge in [0.1, 0.15) is 0 Å². The first-order valence-corrected chi connectivity index (χ1v) is 10.8. The SMILES string of the molecule is CCn1c(CNc2ccc(C)cc2)nnc1SCC(=O)Nc1ccc(C)c([N+](=O)[O-])c1. The van der Waals surface area contributed by atoms with Crippen molar-refractivity contribution in [2.45, 2.75) is 39.0 Å². The Kier molecular flexibility index (Phi) is 7.24. The molecule has 0 radical (unpaired) electrons. The maximum Gasteiger partial charge on any atom is 0.274 e. The average Bonchev–Trinajstić information content (AvgIpc) is 3.15. The van der Waals surface area contributed by atoms with Crippen molar-refractivity contribution in [1.82, 2.24) is 14.8 Å². The van der Waals surface area contributed by atoms with Gasteiger partial charge < -0.3 is 15.2 Å². The summed E-state index contributed by atoms with van der Waals surface area (Å²) >= 11 is 1.27. The van der Waals surface area contributed by atoms with E-state index in [0.29, 0.717) is 29.5 Å². The first-order valence-electron chi connectivity index (χ1n) is 9.77. The van der Waals surface area contributed by atoms with Gasteiger partial charge in [-0.15, -0.1) is 10.2 Å². The molecular formula is C21H24N6O3S. The van der Waals surface area contributed by atoms with E-state index < -0.39 is 4.92 Å². The molecule has 0 spiro atoms. The molecule has 0 aliphatic carbocycles. The lowest BCUT2D eigenvalue weighted by Gasteiger charge is -2.10. The molecule has 10 heteroatoms. The quantitative estimate of drug-likeness (QED) is 0.291. The van der Waals surface area contributed by atoms with Gasteiger partial charge in [-0.1, -0.05) is 35.5 Å². The van der Waals surface area contributed by atoms with Gasteiger partial charge in [0.05, 0.1) is 17.2 Å². The number of rotatable bonds is 9. The molecule has 1 amide bonds. The van der Waals surface area contributed by atoms with Crippen molar-refractivity contribution in [3.63, 3.8) is 0 Å². The second-order valence-corrected chi connectivity index (χ2v) is 7.90. The largest absolute Gasteiger partial charge is 0.378 e. The summed E-state index contributed by atoms with van der Waals surface area (Å²) in [5.41, 5.74) is 3.10. The zero-order chi connectivity index (χ0) is 22.4. The van der Waals surface area contributed by atoms with Gasteiger partial charge in [0.2, 0.25) is 5.91 Å². The Morgan fingerprint density at radius 2 is 1.84 bits per heavy atom. The van der Waals surface area contributed by atoms with E-state index in [1.807, 2.05) is 42.7 Å². The molecule has 0 saturated heterocycles. The van der Waals surface area contributed by atoms with Crippen LogP contribution in [-0.4, -0.2) is 31.3 Å². The molecule has 3 rings (SSSR count). The van der Waals surface area contributed by atoms with Crippen molar-refractivity contribution in [2.75, 3.05) is 16.4 Å². The van der Waals surface area contributed by atoms with Crippen molar-refractivity contribution in [3.05, 3.63) is 69.5 Å². The lowest BCUT2D eigenvalue weighted by Crippen LogP contribution is -2.15. The highest BCUT2D eigenvalue weighted by atomic mass is 32.2. The van der Waals surface area contributed by atoms with Crippen molar-refractivity contribution in [3.8, 4) is 0 Å². The van der Waals surface area contributed by atoms with E-state index in [1.165, 1.54) is 23.4 Å². The van der Waals surface area contributed by atoms with E-state index in [2.05, 4.69) is 20.8 Å². The molecule has 3 aromatic rings. The van der Waals surface area contributed by atoms with Crippen LogP contribution in [0.1, 0.15) is 23.9 Å². The van der Waals surface area contributed by atoms with Crippen LogP contribution in [0.25, 0.3) is 0 Å². The summed E-state index contributed by atoms with van der Waals surface area (Å²) in [6.07, 6.45) is 0. The van der Waals surface area contributed by atoms with Gasteiger partial charge in [-0.25, -0.2) is 0 Å². The number of aryl methyl sites for hydroxylation is 2. The fraction of sp³-hybridized carbons (Fsp3) is 0.286. The van der Waals surface area contributed by atoms with Crippen LogP contribution in [-0.2, 0) is 17.9 Å². The Morgan fingerprint density at radius 3 is 2.52 bits per heavy atom. The van der Waals surface area contributed by atoms with Gasteiger partial charge in [0.25, 0.3) is 5.69 Å². The molecule has 31 heavy (non-hydrogen) atoms. The first-order chi connectivity index (χ1) is 14.9. The molecule has 2 aromatic carbocycles. The molecule has 0 saturated carbocycles. The van der Waals surface area contributed by atoms with Crippen molar-refractivity contribution < 1.29 is 9.72 Å². The molecule has 0 aliphatic rings. The maximum atomic E-state index is 12.3. The predicted octanol–water partition coefficient (Wildman–Crippen LogP) is 4.17. The zero-order valence-electron chi connectivity index (χ0n) is 17.6. The molecule has 0 unspecified atom stereocenters. The number of carbonyl (C=O) groups excluding carboxylic acids is 1. The highest BCUT2D eigenvalue weighted by Gasteiger charge is 2.15. The van der Waals surface area contributed by atoms with Crippen LogP contribution in [0.2, 0.25) is 0 Å². The zero-order valence-corrected chi connectivity index (χ0v) is 18.4. The minimum absolute atomic E-state index is 0.0260. The van der Waals surface area contributed by atoms with Crippen LogP contribution in [0, 0.1) is 24.0 Å². The molecule has 9 nitrogen and oxygen atoms in total. The fourth-order valence-corrected chi connectivity index (χ4v) is 3.76. The average molecular weight is 441 g/mol. The van der Waals surface area contributed by atoms with Gasteiger partial charge in [-0.2, -0.15) is 0 Å². The number of nitrogens with zero attached hydrogens (tertiary/aromatic N) is 4. The summed E-state index contributed by atoms with van der Waals surface area (Å²) in [5.74, 6) is 0.624. The summed E-state index contributed by atoms with van der Waals surface area (Å²) in [5, 5.41) is 26.2. The van der Waals surface area contributed by atoms with Gasteiger partial charge >= 0.3 is 0 Å². The van der Waals surface area contributed by atoms with Gasteiger partial charge in [-0.3, -0.25) is 14.9 Å². The van der Waals surface area contributed by atoms with Crippen LogP contribution >= 0.6 is 11.8 Å². The monoisotopic (exact) mass is 440 g/mol. The summed E-state index contributed by atoms with van der Waals surface area (Å²) in [4.78, 5) is 22.9. The van der Waals surface area contributed by atoms with Crippen molar-refractivity contribution in [2.24, 2.45) is 0 Å². The van der Waals surface area contributed by atoms with E-state index in [-0.39, 0.29) is 17.3 Å². The number of anilines is 2. The summed E-state index contributed by atoms with van der Waals surface area (Å²) < 4.78 is 1.95. The fourth-order valence-electron chi connectivity index (χ4n) is 2.94. The third kappa shape index (κ3) is 5.82. The molecule has 2 N–H and O–H groups in total. The maximum absolute atomic E-state index is 12.3. The number of nitrogens with one attached hydrogen (secondary N) is 2. The van der Waals surface area contributed by atoms with Crippen molar-refractivity contribution >= 4 is 34.7 Å². The lowest BCUT2D eigenvalue weighted by molar-refractivity contribution is -0.385. The number of aromatic nitrogens is 3. The van der Waals surface area contributed by atoms with Gasteiger partial charge in [0.15, 0.2) is 11.0 Å². The Balaban J connectivity index is 1.58.